The quantitative estimate of drug-likeness (QED) is 0.795. The van der Waals surface area contributed by atoms with Gasteiger partial charge < -0.3 is 5.32 Å². The van der Waals surface area contributed by atoms with Crippen LogP contribution in [0.15, 0.2) is 61.1 Å². The zero-order chi connectivity index (χ0) is 14.5. The average Bonchev–Trinajstić information content (AvgIpc) is 3.03. The molecule has 3 rings (SSSR count). The molecule has 0 bridgehead atoms. The van der Waals surface area contributed by atoms with E-state index in [9.17, 15) is 0 Å². The normalized spacial score (nSPS) is 10.0. The highest BCUT2D eigenvalue weighted by Gasteiger charge is 2.01. The Morgan fingerprint density at radius 2 is 1.95 bits per heavy atom. The molecule has 0 amide bonds. The summed E-state index contributed by atoms with van der Waals surface area (Å²) in [5.41, 5.74) is 2.64. The molecule has 0 unspecified atom stereocenters. The zero-order valence-corrected chi connectivity index (χ0v) is 11.3. The van der Waals surface area contributed by atoms with Crippen LogP contribution in [0.2, 0.25) is 0 Å². The number of hydrogen-bond donors (Lipinski definition) is 1. The van der Waals surface area contributed by atoms with Gasteiger partial charge in [-0.25, -0.2) is 9.67 Å². The summed E-state index contributed by atoms with van der Waals surface area (Å²) < 4.78 is 1.84. The molecule has 1 N–H and O–H groups in total. The first-order chi connectivity index (χ1) is 10.3. The number of anilines is 1. The van der Waals surface area contributed by atoms with E-state index in [4.69, 9.17) is 5.26 Å². The molecular weight excluding hydrogens is 262 g/mol. The number of nitriles is 1. The lowest BCUT2D eigenvalue weighted by Gasteiger charge is -2.03. The Labute approximate surface area is 122 Å². The number of rotatable bonds is 4. The van der Waals surface area contributed by atoms with Crippen molar-refractivity contribution in [3.8, 4) is 11.8 Å². The summed E-state index contributed by atoms with van der Waals surface area (Å²) in [4.78, 5) is 4.17. The summed E-state index contributed by atoms with van der Waals surface area (Å²) >= 11 is 0. The predicted octanol–water partition coefficient (Wildman–Crippen LogP) is 2.75. The fourth-order valence-electron chi connectivity index (χ4n) is 1.93. The molecular formula is C16H13N5. The SMILES string of the molecule is N#Cc1ccc(NCc2cnn(-c3ccccc3)c2)nc1. The van der Waals surface area contributed by atoms with Gasteiger partial charge in [0.2, 0.25) is 0 Å². The summed E-state index contributed by atoms with van der Waals surface area (Å²) in [6.07, 6.45) is 5.35. The second-order valence-corrected chi connectivity index (χ2v) is 4.53. The highest BCUT2D eigenvalue weighted by atomic mass is 15.3. The maximum Gasteiger partial charge on any atom is 0.126 e. The van der Waals surface area contributed by atoms with E-state index < -0.39 is 0 Å². The summed E-state index contributed by atoms with van der Waals surface area (Å²) in [6, 6.07) is 15.5. The number of nitrogens with one attached hydrogen (secondary N) is 1. The first-order valence-electron chi connectivity index (χ1n) is 6.54. The van der Waals surface area contributed by atoms with Crippen LogP contribution in [-0.4, -0.2) is 14.8 Å². The van der Waals surface area contributed by atoms with Gasteiger partial charge in [-0.3, -0.25) is 0 Å². The minimum atomic E-state index is 0.553. The number of benzene rings is 1. The highest BCUT2D eigenvalue weighted by molar-refractivity contribution is 5.39. The lowest BCUT2D eigenvalue weighted by Crippen LogP contribution is -2.00. The van der Waals surface area contributed by atoms with Crippen molar-refractivity contribution in [1.82, 2.24) is 14.8 Å². The number of para-hydroxylation sites is 1. The topological polar surface area (TPSA) is 66.5 Å². The van der Waals surface area contributed by atoms with Gasteiger partial charge in [0, 0.05) is 24.5 Å². The van der Waals surface area contributed by atoms with E-state index in [1.807, 2.05) is 53.5 Å². The van der Waals surface area contributed by atoms with Crippen LogP contribution < -0.4 is 5.32 Å². The standard InChI is InChI=1S/C16H13N5/c17-8-13-6-7-16(18-9-13)19-10-14-11-20-21(12-14)15-4-2-1-3-5-15/h1-7,9,11-12H,10H2,(H,18,19). The van der Waals surface area contributed by atoms with Crippen LogP contribution in [0, 0.1) is 11.3 Å². The Hall–Kier alpha value is -3.13. The van der Waals surface area contributed by atoms with Gasteiger partial charge in [0.1, 0.15) is 11.9 Å². The van der Waals surface area contributed by atoms with Crippen molar-refractivity contribution in [2.24, 2.45) is 0 Å². The van der Waals surface area contributed by atoms with Crippen LogP contribution in [0.5, 0.6) is 0 Å². The fourth-order valence-corrected chi connectivity index (χ4v) is 1.93. The van der Waals surface area contributed by atoms with Gasteiger partial charge >= 0.3 is 0 Å². The smallest absolute Gasteiger partial charge is 0.126 e. The molecule has 102 valence electrons. The molecule has 1 aromatic carbocycles. The van der Waals surface area contributed by atoms with E-state index in [1.54, 1.807) is 18.3 Å². The second-order valence-electron chi connectivity index (χ2n) is 4.53. The molecule has 0 fully saturated rings. The van der Waals surface area contributed by atoms with E-state index in [0.29, 0.717) is 12.1 Å². The van der Waals surface area contributed by atoms with Gasteiger partial charge in [-0.1, -0.05) is 18.2 Å². The minimum Gasteiger partial charge on any atom is -0.366 e. The Balaban J connectivity index is 1.66. The van der Waals surface area contributed by atoms with Gasteiger partial charge in [0.05, 0.1) is 17.4 Å². The molecule has 2 aromatic heterocycles. The van der Waals surface area contributed by atoms with E-state index in [0.717, 1.165) is 17.1 Å². The lowest BCUT2D eigenvalue weighted by atomic mass is 10.3. The monoisotopic (exact) mass is 275 g/mol. The van der Waals surface area contributed by atoms with Crippen molar-refractivity contribution >= 4 is 5.82 Å². The third kappa shape index (κ3) is 3.07. The summed E-state index contributed by atoms with van der Waals surface area (Å²) in [7, 11) is 0. The number of aromatic nitrogens is 3. The molecule has 0 saturated heterocycles. The van der Waals surface area contributed by atoms with Gasteiger partial charge in [0.15, 0.2) is 0 Å². The average molecular weight is 275 g/mol. The van der Waals surface area contributed by atoms with Crippen LogP contribution >= 0.6 is 0 Å². The van der Waals surface area contributed by atoms with Crippen molar-refractivity contribution in [2.45, 2.75) is 6.54 Å². The van der Waals surface area contributed by atoms with Crippen LogP contribution in [0.1, 0.15) is 11.1 Å². The van der Waals surface area contributed by atoms with Gasteiger partial charge in [-0.05, 0) is 24.3 Å². The fraction of sp³-hybridized carbons (Fsp3) is 0.0625. The lowest BCUT2D eigenvalue weighted by molar-refractivity contribution is 0.880. The largest absolute Gasteiger partial charge is 0.366 e. The van der Waals surface area contributed by atoms with E-state index in [-0.39, 0.29) is 0 Å². The van der Waals surface area contributed by atoms with Crippen molar-refractivity contribution in [2.75, 3.05) is 5.32 Å². The van der Waals surface area contributed by atoms with Crippen molar-refractivity contribution in [3.63, 3.8) is 0 Å². The van der Waals surface area contributed by atoms with Crippen molar-refractivity contribution in [1.29, 1.82) is 5.26 Å². The van der Waals surface area contributed by atoms with Crippen LogP contribution in [0.4, 0.5) is 5.82 Å². The highest BCUT2D eigenvalue weighted by Crippen LogP contribution is 2.10. The molecule has 2 heterocycles. The zero-order valence-electron chi connectivity index (χ0n) is 11.3. The van der Waals surface area contributed by atoms with Crippen LogP contribution in [0.25, 0.3) is 5.69 Å². The molecule has 0 saturated carbocycles. The Kier molecular flexibility index (Phi) is 3.61. The second kappa shape index (κ2) is 5.88. The van der Waals surface area contributed by atoms with Gasteiger partial charge in [-0.2, -0.15) is 10.4 Å². The third-order valence-electron chi connectivity index (χ3n) is 3.02. The summed E-state index contributed by atoms with van der Waals surface area (Å²) in [5.74, 6) is 0.737. The molecule has 0 aliphatic carbocycles. The van der Waals surface area contributed by atoms with E-state index in [1.165, 1.54) is 0 Å². The number of nitrogens with zero attached hydrogens (tertiary/aromatic N) is 4. The summed E-state index contributed by atoms with van der Waals surface area (Å²) in [6.45, 7) is 0.631. The van der Waals surface area contributed by atoms with Crippen molar-refractivity contribution in [3.05, 3.63) is 72.2 Å². The molecule has 5 nitrogen and oxygen atoms in total. The first-order valence-corrected chi connectivity index (χ1v) is 6.54. The Morgan fingerprint density at radius 3 is 2.67 bits per heavy atom. The maximum absolute atomic E-state index is 8.73. The Morgan fingerprint density at radius 1 is 1.10 bits per heavy atom. The minimum absolute atomic E-state index is 0.553. The van der Waals surface area contributed by atoms with Crippen LogP contribution in [0.3, 0.4) is 0 Å². The third-order valence-corrected chi connectivity index (χ3v) is 3.02. The molecule has 5 heteroatoms. The number of hydrogen-bond acceptors (Lipinski definition) is 4. The molecule has 0 atom stereocenters. The molecule has 0 aliphatic heterocycles. The molecule has 21 heavy (non-hydrogen) atoms. The van der Waals surface area contributed by atoms with E-state index >= 15 is 0 Å². The summed E-state index contributed by atoms with van der Waals surface area (Å²) in [5, 5.41) is 16.3. The Bertz CT molecular complexity index is 753. The molecule has 3 aromatic rings. The van der Waals surface area contributed by atoms with Gasteiger partial charge in [0.25, 0.3) is 0 Å². The van der Waals surface area contributed by atoms with Crippen molar-refractivity contribution < 1.29 is 0 Å². The maximum atomic E-state index is 8.73. The van der Waals surface area contributed by atoms with Crippen LogP contribution in [-0.2, 0) is 6.54 Å². The number of pyridine rings is 1. The molecule has 0 radical (unpaired) electrons. The molecule has 0 aliphatic rings. The molecule has 0 spiro atoms. The predicted molar refractivity (Wildman–Crippen MR) is 79.8 cm³/mol. The van der Waals surface area contributed by atoms with E-state index in [2.05, 4.69) is 15.4 Å². The van der Waals surface area contributed by atoms with Gasteiger partial charge in [-0.15, -0.1) is 0 Å². The first kappa shape index (κ1) is 12.9.